The summed E-state index contributed by atoms with van der Waals surface area (Å²) in [5.41, 5.74) is 0. The maximum Gasteiger partial charge on any atom is 0.306 e. The van der Waals surface area contributed by atoms with Gasteiger partial charge >= 0.3 is 17.9 Å². The second-order valence-corrected chi connectivity index (χ2v) is 22.0. The Hall–Kier alpha value is -2.37. The zero-order valence-corrected chi connectivity index (χ0v) is 49.2. The predicted octanol–water partition coefficient (Wildman–Crippen LogP) is 22.0. The van der Waals surface area contributed by atoms with Crippen LogP contribution in [-0.2, 0) is 28.6 Å². The molecule has 0 aromatic rings. The van der Waals surface area contributed by atoms with E-state index in [9.17, 15) is 14.4 Å². The summed E-state index contributed by atoms with van der Waals surface area (Å²) in [5.74, 6) is -0.848. The van der Waals surface area contributed by atoms with Crippen molar-refractivity contribution in [2.75, 3.05) is 13.2 Å². The van der Waals surface area contributed by atoms with Crippen molar-refractivity contribution in [1.29, 1.82) is 0 Å². The van der Waals surface area contributed by atoms with Crippen molar-refractivity contribution in [3.8, 4) is 0 Å². The lowest BCUT2D eigenvalue weighted by Crippen LogP contribution is -2.30. The Morgan fingerprint density at radius 1 is 0.274 bits per heavy atom. The Balaban J connectivity index is 4.23. The van der Waals surface area contributed by atoms with Crippen molar-refractivity contribution in [3.05, 3.63) is 36.5 Å². The monoisotopic (exact) mass is 1020 g/mol. The van der Waals surface area contributed by atoms with Crippen LogP contribution in [0.25, 0.3) is 0 Å². The fraction of sp³-hybridized carbons (Fsp3) is 0.866. The van der Waals surface area contributed by atoms with Gasteiger partial charge in [-0.2, -0.15) is 0 Å². The van der Waals surface area contributed by atoms with Crippen LogP contribution in [0, 0.1) is 0 Å². The van der Waals surface area contributed by atoms with Crippen molar-refractivity contribution in [3.63, 3.8) is 0 Å². The molecule has 428 valence electrons. The lowest BCUT2D eigenvalue weighted by Gasteiger charge is -2.18. The summed E-state index contributed by atoms with van der Waals surface area (Å²) in [7, 11) is 0. The van der Waals surface area contributed by atoms with Crippen LogP contribution in [0.1, 0.15) is 355 Å². The van der Waals surface area contributed by atoms with Crippen molar-refractivity contribution >= 4 is 17.9 Å². The first-order valence-corrected chi connectivity index (χ1v) is 32.5. The Morgan fingerprint density at radius 2 is 0.493 bits per heavy atom. The maximum absolute atomic E-state index is 12.9. The van der Waals surface area contributed by atoms with Gasteiger partial charge < -0.3 is 14.2 Å². The molecule has 0 aliphatic heterocycles. The number of unbranched alkanes of at least 4 members (excludes halogenated alkanes) is 43. The van der Waals surface area contributed by atoms with Crippen LogP contribution in [0.2, 0.25) is 0 Å². The normalized spacial score (nSPS) is 12.2. The summed E-state index contributed by atoms with van der Waals surface area (Å²) in [4.78, 5) is 38.3. The highest BCUT2D eigenvalue weighted by Crippen LogP contribution is 2.18. The van der Waals surface area contributed by atoms with E-state index >= 15 is 0 Å². The fourth-order valence-corrected chi connectivity index (χ4v) is 9.75. The first kappa shape index (κ1) is 70.6. The van der Waals surface area contributed by atoms with Crippen molar-refractivity contribution < 1.29 is 28.6 Å². The highest BCUT2D eigenvalue weighted by atomic mass is 16.6. The third-order valence-electron chi connectivity index (χ3n) is 14.6. The van der Waals surface area contributed by atoms with E-state index in [0.717, 1.165) is 70.6 Å². The van der Waals surface area contributed by atoms with Gasteiger partial charge in [0.15, 0.2) is 6.10 Å². The summed E-state index contributed by atoms with van der Waals surface area (Å²) >= 11 is 0. The first-order valence-electron chi connectivity index (χ1n) is 32.5. The molecule has 0 radical (unpaired) electrons. The molecule has 0 aliphatic rings. The zero-order valence-electron chi connectivity index (χ0n) is 49.2. The van der Waals surface area contributed by atoms with Gasteiger partial charge in [0.2, 0.25) is 0 Å². The van der Waals surface area contributed by atoms with Crippen molar-refractivity contribution in [2.45, 2.75) is 361 Å². The molecule has 0 aliphatic carbocycles. The van der Waals surface area contributed by atoms with Crippen LogP contribution in [0.5, 0.6) is 0 Å². The molecule has 0 spiro atoms. The number of carbonyl (C=O) groups is 3. The molecule has 0 amide bonds. The second-order valence-electron chi connectivity index (χ2n) is 22.0. The van der Waals surface area contributed by atoms with Gasteiger partial charge in [-0.1, -0.05) is 314 Å². The van der Waals surface area contributed by atoms with Crippen molar-refractivity contribution in [1.82, 2.24) is 0 Å². The Kier molecular flexibility index (Phi) is 60.2. The van der Waals surface area contributed by atoms with Gasteiger partial charge in [0.1, 0.15) is 13.2 Å². The molecule has 73 heavy (non-hydrogen) atoms. The van der Waals surface area contributed by atoms with Gasteiger partial charge in [0.05, 0.1) is 0 Å². The molecule has 0 heterocycles. The number of rotatable bonds is 60. The molecule has 0 fully saturated rings. The molecule has 0 saturated heterocycles. The van der Waals surface area contributed by atoms with Crippen LogP contribution in [0.4, 0.5) is 0 Å². The minimum absolute atomic E-state index is 0.0677. The second kappa shape index (κ2) is 62.2. The van der Waals surface area contributed by atoms with Gasteiger partial charge in [-0.3, -0.25) is 14.4 Å². The number of hydrogen-bond donors (Lipinski definition) is 0. The van der Waals surface area contributed by atoms with E-state index in [1.807, 2.05) is 0 Å². The van der Waals surface area contributed by atoms with Crippen molar-refractivity contribution in [2.24, 2.45) is 0 Å². The van der Waals surface area contributed by atoms with E-state index in [4.69, 9.17) is 14.2 Å². The van der Waals surface area contributed by atoms with Gasteiger partial charge in [0, 0.05) is 19.3 Å². The summed E-state index contributed by atoms with van der Waals surface area (Å²) in [6.45, 7) is 6.68. The summed E-state index contributed by atoms with van der Waals surface area (Å²) in [5, 5.41) is 0. The highest BCUT2D eigenvalue weighted by Gasteiger charge is 2.19. The topological polar surface area (TPSA) is 78.9 Å². The third kappa shape index (κ3) is 60.4. The van der Waals surface area contributed by atoms with E-state index in [2.05, 4.69) is 57.2 Å². The largest absolute Gasteiger partial charge is 0.462 e. The van der Waals surface area contributed by atoms with Crippen LogP contribution in [-0.4, -0.2) is 37.2 Å². The SMILES string of the molecule is CCCCCCC/C=C\C/C=C\C/C=C\CCCCCCCCCCCCC(=O)OCC(COC(=O)CCCCCCCCCCCCC)OC(=O)CCCCCCCCCCCCCCCCCCCCC. The zero-order chi connectivity index (χ0) is 52.9. The summed E-state index contributed by atoms with van der Waals surface area (Å²) in [6.07, 6.45) is 75.8. The molecule has 6 nitrogen and oxygen atoms in total. The Morgan fingerprint density at radius 3 is 0.767 bits per heavy atom. The minimum Gasteiger partial charge on any atom is -0.462 e. The third-order valence-corrected chi connectivity index (χ3v) is 14.6. The molecule has 0 N–H and O–H groups in total. The molecular formula is C67H124O6. The number of allylic oxidation sites excluding steroid dienone is 6. The molecule has 1 unspecified atom stereocenters. The molecule has 0 aromatic carbocycles. The van der Waals surface area contributed by atoms with Gasteiger partial charge in [-0.25, -0.2) is 0 Å². The highest BCUT2D eigenvalue weighted by molar-refractivity contribution is 5.71. The quantitative estimate of drug-likeness (QED) is 0.0261. The molecule has 1 atom stereocenters. The molecule has 0 aromatic heterocycles. The summed E-state index contributed by atoms with van der Waals surface area (Å²) < 4.78 is 16.9. The molecular weight excluding hydrogens is 901 g/mol. The van der Waals surface area contributed by atoms with Crippen LogP contribution >= 0.6 is 0 Å². The van der Waals surface area contributed by atoms with Gasteiger partial charge in [-0.05, 0) is 57.8 Å². The van der Waals surface area contributed by atoms with E-state index in [-0.39, 0.29) is 31.1 Å². The average Bonchev–Trinajstić information content (AvgIpc) is 3.39. The molecule has 0 saturated carbocycles. The number of ether oxygens (including phenoxy) is 3. The maximum atomic E-state index is 12.9. The van der Waals surface area contributed by atoms with Gasteiger partial charge in [0.25, 0.3) is 0 Å². The van der Waals surface area contributed by atoms with E-state index in [1.54, 1.807) is 0 Å². The fourth-order valence-electron chi connectivity index (χ4n) is 9.75. The number of hydrogen-bond acceptors (Lipinski definition) is 6. The minimum atomic E-state index is -0.769. The molecule has 0 rings (SSSR count). The smallest absolute Gasteiger partial charge is 0.306 e. The lowest BCUT2D eigenvalue weighted by atomic mass is 10.0. The first-order chi connectivity index (χ1) is 36.0. The standard InChI is InChI=1S/C67H124O6/c1-4-7-10-13-16-19-22-24-26-28-30-31-32-33-34-35-37-38-40-42-45-48-51-54-57-60-66(69)72-63-64(62-71-65(68)59-56-53-50-47-44-21-18-15-12-9-6-3)73-67(70)61-58-55-52-49-46-43-41-39-36-29-27-25-23-20-17-14-11-8-5-2/h22,24,28,30,32-33,64H,4-21,23,25-27,29,31,34-63H2,1-3H3/b24-22-,30-28-,33-32-. The molecule has 6 heteroatoms. The Bertz CT molecular complexity index is 1220. The summed E-state index contributed by atoms with van der Waals surface area (Å²) in [6, 6.07) is 0. The van der Waals surface area contributed by atoms with E-state index in [1.165, 1.54) is 244 Å². The van der Waals surface area contributed by atoms with E-state index in [0.29, 0.717) is 19.3 Å². The van der Waals surface area contributed by atoms with Gasteiger partial charge in [-0.15, -0.1) is 0 Å². The van der Waals surface area contributed by atoms with Crippen LogP contribution in [0.15, 0.2) is 36.5 Å². The number of carbonyl (C=O) groups excluding carboxylic acids is 3. The Labute approximate surface area is 455 Å². The van der Waals surface area contributed by atoms with E-state index < -0.39 is 6.10 Å². The van der Waals surface area contributed by atoms with Crippen LogP contribution < -0.4 is 0 Å². The average molecular weight is 1030 g/mol. The molecule has 0 bridgehead atoms. The van der Waals surface area contributed by atoms with Crippen LogP contribution in [0.3, 0.4) is 0 Å². The number of esters is 3. The predicted molar refractivity (Wildman–Crippen MR) is 316 cm³/mol. The lowest BCUT2D eigenvalue weighted by molar-refractivity contribution is -0.167.